The van der Waals surface area contributed by atoms with E-state index in [9.17, 15) is 4.79 Å². The Morgan fingerprint density at radius 3 is 2.59 bits per heavy atom. The van der Waals surface area contributed by atoms with E-state index in [4.69, 9.17) is 9.97 Å². The van der Waals surface area contributed by atoms with Gasteiger partial charge in [-0.25, -0.2) is 9.97 Å². The number of para-hydroxylation sites is 2. The maximum Gasteiger partial charge on any atom is 0.251 e. The van der Waals surface area contributed by atoms with Crippen LogP contribution in [-0.2, 0) is 6.42 Å². The van der Waals surface area contributed by atoms with Crippen LogP contribution in [0.2, 0.25) is 0 Å². The Balaban J connectivity index is 1.34. The predicted octanol–water partition coefficient (Wildman–Crippen LogP) is 4.49. The molecule has 0 radical (unpaired) electrons. The summed E-state index contributed by atoms with van der Waals surface area (Å²) in [6, 6.07) is 20.2. The van der Waals surface area contributed by atoms with E-state index >= 15 is 0 Å². The third-order valence-electron chi connectivity index (χ3n) is 6.14. The average molecular weight is 449 g/mol. The number of fused-ring (bicyclic) bond motifs is 3. The lowest BCUT2D eigenvalue weighted by atomic mass is 10.1. The van der Waals surface area contributed by atoms with Crippen molar-refractivity contribution in [2.45, 2.75) is 25.3 Å². The van der Waals surface area contributed by atoms with Gasteiger partial charge in [0.15, 0.2) is 11.5 Å². The van der Waals surface area contributed by atoms with Crippen LogP contribution in [0.15, 0.2) is 79.3 Å². The molecule has 1 amide bonds. The second-order valence-electron chi connectivity index (χ2n) is 8.61. The fourth-order valence-electron chi connectivity index (χ4n) is 4.17. The molecule has 1 saturated carbocycles. The van der Waals surface area contributed by atoms with Crippen LogP contribution in [0.4, 0.5) is 5.82 Å². The second kappa shape index (κ2) is 8.59. The van der Waals surface area contributed by atoms with E-state index in [1.165, 1.54) is 5.56 Å². The lowest BCUT2D eigenvalue weighted by molar-refractivity contribution is 0.0951. The van der Waals surface area contributed by atoms with Crippen LogP contribution in [0.1, 0.15) is 28.8 Å². The van der Waals surface area contributed by atoms with Crippen molar-refractivity contribution in [3.05, 3.63) is 90.4 Å². The Morgan fingerprint density at radius 2 is 1.79 bits per heavy atom. The third-order valence-corrected chi connectivity index (χ3v) is 6.14. The fraction of sp³-hybridized carbons (Fsp3) is 0.185. The number of nitrogens with one attached hydrogen (secondary N) is 2. The Bertz CT molecular complexity index is 1470. The van der Waals surface area contributed by atoms with Gasteiger partial charge in [-0.3, -0.25) is 14.2 Å². The van der Waals surface area contributed by atoms with Crippen LogP contribution in [0, 0.1) is 0 Å². The number of pyridine rings is 1. The highest BCUT2D eigenvalue weighted by molar-refractivity contribution is 5.95. The van der Waals surface area contributed by atoms with Gasteiger partial charge >= 0.3 is 0 Å². The predicted molar refractivity (Wildman–Crippen MR) is 133 cm³/mol. The summed E-state index contributed by atoms with van der Waals surface area (Å²) in [6.07, 6.45) is 8.50. The van der Waals surface area contributed by atoms with Crippen molar-refractivity contribution in [2.75, 3.05) is 11.9 Å². The first-order chi connectivity index (χ1) is 16.8. The molecule has 5 aromatic rings. The lowest BCUT2D eigenvalue weighted by Crippen LogP contribution is -2.25. The fourth-order valence-corrected chi connectivity index (χ4v) is 4.17. The Labute approximate surface area is 196 Å². The number of anilines is 1. The summed E-state index contributed by atoms with van der Waals surface area (Å²) in [5.74, 6) is 0.738. The van der Waals surface area contributed by atoms with Crippen LogP contribution < -0.4 is 10.6 Å². The third kappa shape index (κ3) is 3.96. The lowest BCUT2D eigenvalue weighted by Gasteiger charge is -2.12. The number of nitrogens with zero attached hydrogens (tertiary/aromatic N) is 4. The first-order valence-corrected chi connectivity index (χ1v) is 11.6. The molecule has 6 rings (SSSR count). The molecule has 0 spiro atoms. The second-order valence-corrected chi connectivity index (χ2v) is 8.61. The van der Waals surface area contributed by atoms with Crippen molar-refractivity contribution in [1.29, 1.82) is 0 Å². The largest absolute Gasteiger partial charge is 0.367 e. The van der Waals surface area contributed by atoms with Crippen LogP contribution in [-0.4, -0.2) is 37.8 Å². The van der Waals surface area contributed by atoms with E-state index in [0.29, 0.717) is 11.6 Å². The molecule has 0 unspecified atom stereocenters. The van der Waals surface area contributed by atoms with Gasteiger partial charge in [-0.15, -0.1) is 0 Å². The van der Waals surface area contributed by atoms with Crippen LogP contribution in [0.3, 0.4) is 0 Å². The molecule has 1 aliphatic rings. The number of amides is 1. The molecule has 34 heavy (non-hydrogen) atoms. The Kier molecular flexibility index (Phi) is 5.14. The van der Waals surface area contributed by atoms with E-state index in [-0.39, 0.29) is 5.91 Å². The van der Waals surface area contributed by atoms with Gasteiger partial charge in [-0.2, -0.15) is 0 Å². The molecule has 0 bridgehead atoms. The number of aromatic nitrogens is 4. The number of rotatable bonds is 7. The molecule has 2 aromatic carbocycles. The summed E-state index contributed by atoms with van der Waals surface area (Å²) in [7, 11) is 0. The van der Waals surface area contributed by atoms with Crippen molar-refractivity contribution in [3.8, 4) is 11.3 Å². The molecule has 0 atom stereocenters. The topological polar surface area (TPSA) is 84.2 Å². The number of carbonyl (C=O) groups excluding carboxylic acids is 1. The van der Waals surface area contributed by atoms with Crippen LogP contribution >= 0.6 is 0 Å². The monoisotopic (exact) mass is 448 g/mol. The van der Waals surface area contributed by atoms with Crippen molar-refractivity contribution < 1.29 is 4.79 Å². The minimum Gasteiger partial charge on any atom is -0.367 e. The first-order valence-electron chi connectivity index (χ1n) is 11.6. The van der Waals surface area contributed by atoms with Crippen molar-refractivity contribution in [2.24, 2.45) is 0 Å². The zero-order valence-electron chi connectivity index (χ0n) is 18.6. The summed E-state index contributed by atoms with van der Waals surface area (Å²) in [5, 5.41) is 6.51. The quantitative estimate of drug-likeness (QED) is 0.383. The van der Waals surface area contributed by atoms with Gasteiger partial charge in [-0.05, 0) is 61.2 Å². The van der Waals surface area contributed by atoms with Crippen molar-refractivity contribution in [3.63, 3.8) is 0 Å². The van der Waals surface area contributed by atoms with E-state index in [2.05, 4.69) is 26.1 Å². The normalized spacial score (nSPS) is 13.3. The van der Waals surface area contributed by atoms with Gasteiger partial charge in [0.05, 0.1) is 22.9 Å². The maximum absolute atomic E-state index is 12.4. The highest BCUT2D eigenvalue weighted by Gasteiger charge is 2.23. The summed E-state index contributed by atoms with van der Waals surface area (Å²) >= 11 is 0. The van der Waals surface area contributed by atoms with Gasteiger partial charge in [0.25, 0.3) is 5.91 Å². The van der Waals surface area contributed by atoms with Crippen LogP contribution in [0.25, 0.3) is 27.9 Å². The van der Waals surface area contributed by atoms with E-state index in [1.54, 1.807) is 0 Å². The first kappa shape index (κ1) is 20.4. The smallest absolute Gasteiger partial charge is 0.251 e. The van der Waals surface area contributed by atoms with E-state index < -0.39 is 0 Å². The minimum atomic E-state index is -0.0116. The molecule has 168 valence electrons. The summed E-state index contributed by atoms with van der Waals surface area (Å²) in [6.45, 7) is 0.734. The summed E-state index contributed by atoms with van der Waals surface area (Å²) < 4.78 is 2.14. The molecule has 2 N–H and O–H groups in total. The number of imidazole rings is 1. The molecule has 0 aliphatic heterocycles. The molecule has 0 saturated heterocycles. The highest BCUT2D eigenvalue weighted by atomic mass is 16.1. The van der Waals surface area contributed by atoms with Gasteiger partial charge in [0, 0.05) is 36.1 Å². The van der Waals surface area contributed by atoms with Crippen LogP contribution in [0.5, 0.6) is 0 Å². The number of hydrogen-bond acceptors (Lipinski definition) is 5. The van der Waals surface area contributed by atoms with E-state index in [1.807, 2.05) is 73.2 Å². The average Bonchev–Trinajstić information content (AvgIpc) is 3.58. The highest BCUT2D eigenvalue weighted by Crippen LogP contribution is 2.29. The molecule has 7 nitrogen and oxygen atoms in total. The molecule has 1 fully saturated rings. The maximum atomic E-state index is 12.4. The zero-order chi connectivity index (χ0) is 22.9. The number of carbonyl (C=O) groups is 1. The molecule has 7 heteroatoms. The molecule has 3 heterocycles. The number of hydrogen-bond donors (Lipinski definition) is 2. The summed E-state index contributed by atoms with van der Waals surface area (Å²) in [5.41, 5.74) is 6.50. The van der Waals surface area contributed by atoms with Gasteiger partial charge < -0.3 is 10.6 Å². The number of benzene rings is 2. The van der Waals surface area contributed by atoms with Crippen molar-refractivity contribution >= 4 is 28.4 Å². The minimum absolute atomic E-state index is 0.0116. The molecular weight excluding hydrogens is 424 g/mol. The summed E-state index contributed by atoms with van der Waals surface area (Å²) in [4.78, 5) is 26.0. The molecular formula is C27H24N6O. The van der Waals surface area contributed by atoms with Crippen molar-refractivity contribution in [1.82, 2.24) is 24.7 Å². The van der Waals surface area contributed by atoms with Gasteiger partial charge in [0.1, 0.15) is 0 Å². The van der Waals surface area contributed by atoms with Gasteiger partial charge in [0.2, 0.25) is 0 Å². The Hall–Kier alpha value is -4.26. The zero-order valence-corrected chi connectivity index (χ0v) is 18.6. The SMILES string of the molecule is O=C(NC1CC1)c1ccc(-c2cnc3c(NCCc4ccncc4)nc4ccccc4n23)cc1. The standard InChI is InChI=1S/C27H24N6O/c34-27(31-21-9-10-21)20-7-5-19(6-8-20)24-17-30-26-25(29-16-13-18-11-14-28-15-12-18)32-22-3-1-2-4-23(22)33(24)26/h1-8,11-12,14-15,17,21H,9-10,13,16H2,(H,29,32)(H,31,34). The molecule has 1 aliphatic carbocycles. The molecule has 3 aromatic heterocycles. The van der Waals surface area contributed by atoms with E-state index in [0.717, 1.165) is 59.6 Å². The van der Waals surface area contributed by atoms with Gasteiger partial charge in [-0.1, -0.05) is 24.3 Å². The Morgan fingerprint density at radius 1 is 1.00 bits per heavy atom.